The Hall–Kier alpha value is -2.01. The fourth-order valence-electron chi connectivity index (χ4n) is 1.64. The number of H-pyrrole nitrogens is 1. The quantitative estimate of drug-likeness (QED) is 0.883. The minimum atomic E-state index is -4.78. The Bertz CT molecular complexity index is 715. The maximum absolute atomic E-state index is 12.9. The highest BCUT2D eigenvalue weighted by atomic mass is 32.2. The lowest BCUT2D eigenvalue weighted by molar-refractivity contribution is -0.139. The summed E-state index contributed by atoms with van der Waals surface area (Å²) in [6.07, 6.45) is -4.78. The van der Waals surface area contributed by atoms with Crippen LogP contribution >= 0.6 is 0 Å². The molecule has 0 saturated carbocycles. The van der Waals surface area contributed by atoms with Crippen molar-refractivity contribution in [1.29, 1.82) is 0 Å². The van der Waals surface area contributed by atoms with Gasteiger partial charge < -0.3 is 0 Å². The molecular formula is C10H10F3N5O2S. The second-order valence-corrected chi connectivity index (χ2v) is 5.79. The van der Waals surface area contributed by atoms with Gasteiger partial charge in [0.1, 0.15) is 0 Å². The first-order valence-corrected chi connectivity index (χ1v) is 7.12. The van der Waals surface area contributed by atoms with Gasteiger partial charge in [0, 0.05) is 0 Å². The number of tetrazole rings is 1. The van der Waals surface area contributed by atoms with E-state index in [4.69, 9.17) is 0 Å². The molecule has 21 heavy (non-hydrogen) atoms. The Balaban J connectivity index is 2.37. The van der Waals surface area contributed by atoms with Crippen LogP contribution in [-0.4, -0.2) is 29.0 Å². The van der Waals surface area contributed by atoms with E-state index in [1.54, 1.807) is 0 Å². The van der Waals surface area contributed by atoms with Crippen LogP contribution in [0.25, 0.3) is 0 Å². The van der Waals surface area contributed by atoms with Crippen LogP contribution in [0.3, 0.4) is 0 Å². The van der Waals surface area contributed by atoms with Crippen molar-refractivity contribution in [3.8, 4) is 0 Å². The van der Waals surface area contributed by atoms with Gasteiger partial charge in [-0.1, -0.05) is 17.3 Å². The van der Waals surface area contributed by atoms with Crippen LogP contribution in [0.1, 0.15) is 24.4 Å². The highest BCUT2D eigenvalue weighted by Gasteiger charge is 2.37. The molecule has 0 spiro atoms. The molecule has 0 aliphatic carbocycles. The number of alkyl halides is 3. The van der Waals surface area contributed by atoms with Crippen molar-refractivity contribution in [2.45, 2.75) is 24.0 Å². The second kappa shape index (κ2) is 5.41. The van der Waals surface area contributed by atoms with Gasteiger partial charge in [-0.25, -0.2) is 13.1 Å². The number of nitrogens with one attached hydrogen (secondary N) is 2. The number of aromatic nitrogens is 4. The predicted molar refractivity (Wildman–Crippen MR) is 64.4 cm³/mol. The second-order valence-electron chi connectivity index (χ2n) is 4.11. The average molecular weight is 321 g/mol. The molecule has 0 aliphatic heterocycles. The van der Waals surface area contributed by atoms with Gasteiger partial charge in [0.2, 0.25) is 10.0 Å². The minimum absolute atomic E-state index is 0.0167. The fourth-order valence-corrected chi connectivity index (χ4v) is 3.07. The molecule has 7 nitrogen and oxygen atoms in total. The molecule has 0 aliphatic rings. The first-order chi connectivity index (χ1) is 9.72. The van der Waals surface area contributed by atoms with Crippen LogP contribution in [0.5, 0.6) is 0 Å². The first-order valence-electron chi connectivity index (χ1n) is 5.64. The summed E-state index contributed by atoms with van der Waals surface area (Å²) >= 11 is 0. The normalized spacial score (nSPS) is 14.1. The van der Waals surface area contributed by atoms with E-state index in [-0.39, 0.29) is 5.82 Å². The van der Waals surface area contributed by atoms with Crippen molar-refractivity contribution in [2.24, 2.45) is 0 Å². The van der Waals surface area contributed by atoms with Gasteiger partial charge in [0.05, 0.1) is 16.5 Å². The average Bonchev–Trinajstić information content (AvgIpc) is 2.91. The largest absolute Gasteiger partial charge is 0.417 e. The van der Waals surface area contributed by atoms with Gasteiger partial charge in [0.15, 0.2) is 5.82 Å². The van der Waals surface area contributed by atoms with Crippen LogP contribution in [0.2, 0.25) is 0 Å². The Kier molecular flexibility index (Phi) is 3.96. The maximum atomic E-state index is 12.9. The third-order valence-electron chi connectivity index (χ3n) is 2.56. The molecule has 1 aromatic heterocycles. The third-order valence-corrected chi connectivity index (χ3v) is 4.16. The summed E-state index contributed by atoms with van der Waals surface area (Å²) in [5.41, 5.74) is -1.24. The molecule has 2 aromatic rings. The number of hydrogen-bond acceptors (Lipinski definition) is 5. The van der Waals surface area contributed by atoms with E-state index in [1.165, 1.54) is 13.0 Å². The van der Waals surface area contributed by atoms with Crippen LogP contribution in [-0.2, 0) is 16.2 Å². The van der Waals surface area contributed by atoms with Gasteiger partial charge in [-0.2, -0.15) is 18.4 Å². The summed E-state index contributed by atoms with van der Waals surface area (Å²) in [5, 5.41) is 12.5. The lowest BCUT2D eigenvalue weighted by Gasteiger charge is -2.15. The smallest absolute Gasteiger partial charge is 0.207 e. The maximum Gasteiger partial charge on any atom is 0.417 e. The van der Waals surface area contributed by atoms with Gasteiger partial charge in [-0.3, -0.25) is 0 Å². The molecule has 0 saturated heterocycles. The van der Waals surface area contributed by atoms with E-state index in [1.807, 2.05) is 0 Å². The molecule has 0 fully saturated rings. The lowest BCUT2D eigenvalue weighted by Crippen LogP contribution is -2.29. The van der Waals surface area contributed by atoms with Crippen LogP contribution in [0, 0.1) is 0 Å². The molecule has 2 rings (SSSR count). The number of sulfonamides is 1. The topological polar surface area (TPSA) is 101 Å². The summed E-state index contributed by atoms with van der Waals surface area (Å²) in [6.45, 7) is 1.39. The zero-order valence-corrected chi connectivity index (χ0v) is 11.4. The van der Waals surface area contributed by atoms with Gasteiger partial charge in [0.25, 0.3) is 0 Å². The molecule has 2 N–H and O–H groups in total. The van der Waals surface area contributed by atoms with Crippen molar-refractivity contribution in [3.05, 3.63) is 35.7 Å². The SMILES string of the molecule is CC(NS(=O)(=O)c1ccccc1C(F)(F)F)c1nn[nH]n1. The summed E-state index contributed by atoms with van der Waals surface area (Å²) in [7, 11) is -4.39. The highest BCUT2D eigenvalue weighted by molar-refractivity contribution is 7.89. The number of aromatic amines is 1. The van der Waals surface area contributed by atoms with Crippen molar-refractivity contribution >= 4 is 10.0 Å². The summed E-state index contributed by atoms with van der Waals surface area (Å²) in [6, 6.07) is 2.98. The van der Waals surface area contributed by atoms with Gasteiger partial charge in [-0.15, -0.1) is 10.2 Å². The zero-order valence-electron chi connectivity index (χ0n) is 10.6. The van der Waals surface area contributed by atoms with E-state index in [0.717, 1.165) is 12.1 Å². The van der Waals surface area contributed by atoms with Crippen molar-refractivity contribution in [1.82, 2.24) is 25.3 Å². The van der Waals surface area contributed by atoms with E-state index >= 15 is 0 Å². The Morgan fingerprint density at radius 2 is 1.95 bits per heavy atom. The summed E-state index contributed by atoms with van der Waals surface area (Å²) in [5.74, 6) is 0.0167. The molecule has 1 aromatic carbocycles. The molecular weight excluding hydrogens is 311 g/mol. The lowest BCUT2D eigenvalue weighted by atomic mass is 10.2. The van der Waals surface area contributed by atoms with E-state index in [9.17, 15) is 21.6 Å². The van der Waals surface area contributed by atoms with Gasteiger partial charge >= 0.3 is 6.18 Å². The molecule has 0 amide bonds. The molecule has 1 heterocycles. The molecule has 11 heteroatoms. The monoisotopic (exact) mass is 321 g/mol. The molecule has 1 unspecified atom stereocenters. The highest BCUT2D eigenvalue weighted by Crippen LogP contribution is 2.34. The van der Waals surface area contributed by atoms with Crippen molar-refractivity contribution in [3.63, 3.8) is 0 Å². The van der Waals surface area contributed by atoms with Crippen molar-refractivity contribution in [2.75, 3.05) is 0 Å². The number of hydrogen-bond donors (Lipinski definition) is 2. The molecule has 0 bridgehead atoms. The molecule has 1 atom stereocenters. The number of nitrogens with zero attached hydrogens (tertiary/aromatic N) is 3. The number of benzene rings is 1. The molecule has 0 radical (unpaired) electrons. The van der Waals surface area contributed by atoms with E-state index < -0.39 is 32.7 Å². The van der Waals surface area contributed by atoms with Crippen molar-refractivity contribution < 1.29 is 21.6 Å². The standard InChI is InChI=1S/C10H10F3N5O2S/c1-6(9-14-17-18-15-9)16-21(19,20)8-5-3-2-4-7(8)10(11,12)13/h2-6,16H,1H3,(H,14,15,17,18). The minimum Gasteiger partial charge on any atom is -0.207 e. The van der Waals surface area contributed by atoms with E-state index in [0.29, 0.717) is 6.07 Å². The third kappa shape index (κ3) is 3.36. The summed E-state index contributed by atoms with van der Waals surface area (Å²) in [4.78, 5) is -0.854. The Morgan fingerprint density at radius 3 is 2.52 bits per heavy atom. The van der Waals surface area contributed by atoms with Crippen LogP contribution in [0.15, 0.2) is 29.2 Å². The van der Waals surface area contributed by atoms with Crippen LogP contribution < -0.4 is 4.72 Å². The number of halogens is 3. The summed E-state index contributed by atoms with van der Waals surface area (Å²) < 4.78 is 64.9. The Morgan fingerprint density at radius 1 is 1.29 bits per heavy atom. The first kappa shape index (κ1) is 15.4. The number of rotatable bonds is 4. The molecule has 114 valence electrons. The van der Waals surface area contributed by atoms with E-state index in [2.05, 4.69) is 25.3 Å². The Labute approximate surface area is 117 Å². The zero-order chi connectivity index (χ0) is 15.7. The fraction of sp³-hybridized carbons (Fsp3) is 0.300. The predicted octanol–water partition coefficient (Wildman–Crippen LogP) is 1.26. The van der Waals surface area contributed by atoms with Gasteiger partial charge in [-0.05, 0) is 19.1 Å². The van der Waals surface area contributed by atoms with Crippen LogP contribution in [0.4, 0.5) is 13.2 Å².